The van der Waals surface area contributed by atoms with E-state index in [0.29, 0.717) is 5.56 Å². The second-order valence-electron chi connectivity index (χ2n) is 3.21. The molecule has 0 saturated carbocycles. The lowest BCUT2D eigenvalue weighted by Crippen LogP contribution is -2.08. The predicted molar refractivity (Wildman–Crippen MR) is 49.7 cm³/mol. The maximum atomic E-state index is 12.2. The Morgan fingerprint density at radius 1 is 1.19 bits per heavy atom. The summed E-state index contributed by atoms with van der Waals surface area (Å²) in [7, 11) is 0. The average molecular weight is 251 g/mol. The highest BCUT2D eigenvalue weighted by atomic mass is 35.5. The van der Waals surface area contributed by atoms with Crippen LogP contribution in [-0.4, -0.2) is 5.31 Å². The molecule has 1 aromatic rings. The second-order valence-corrected chi connectivity index (χ2v) is 3.70. The number of nitrogens with zero attached hydrogens (tertiary/aromatic N) is 2. The van der Waals surface area contributed by atoms with Crippen LogP contribution in [0.3, 0.4) is 0 Å². The lowest BCUT2D eigenvalue weighted by molar-refractivity contribution is -0.137. The molecule has 0 fully saturated rings. The van der Waals surface area contributed by atoms with Crippen LogP contribution in [0.25, 0.3) is 0 Å². The minimum absolute atomic E-state index is 0.0641. The van der Waals surface area contributed by atoms with Crippen molar-refractivity contribution in [3.8, 4) is 0 Å². The van der Waals surface area contributed by atoms with Gasteiger partial charge < -0.3 is 4.74 Å². The van der Waals surface area contributed by atoms with Crippen molar-refractivity contribution in [2.75, 3.05) is 0 Å². The van der Waals surface area contributed by atoms with E-state index in [9.17, 15) is 13.2 Å². The molecule has 0 N–H and O–H groups in total. The fraction of sp³-hybridized carbons (Fsp3) is 0.333. The van der Waals surface area contributed by atoms with Gasteiger partial charge in [-0.2, -0.15) is 13.2 Å². The monoisotopic (exact) mass is 250 g/mol. The summed E-state index contributed by atoms with van der Waals surface area (Å²) in [5.74, 6) is 0. The van der Waals surface area contributed by atoms with Gasteiger partial charge in [-0.3, -0.25) is 0 Å². The number of ether oxygens (including phenoxy) is 1. The molecule has 0 aliphatic carbocycles. The van der Waals surface area contributed by atoms with Crippen molar-refractivity contribution in [3.05, 3.63) is 35.4 Å². The lowest BCUT2D eigenvalue weighted by Gasteiger charge is -2.08. The maximum Gasteiger partial charge on any atom is 0.416 e. The summed E-state index contributed by atoms with van der Waals surface area (Å²) >= 11 is 5.56. The smallest absolute Gasteiger partial charge is 0.316 e. The van der Waals surface area contributed by atoms with Gasteiger partial charge in [0.05, 0.1) is 12.2 Å². The average Bonchev–Trinajstić information content (AvgIpc) is 2.94. The first-order chi connectivity index (χ1) is 7.39. The summed E-state index contributed by atoms with van der Waals surface area (Å²) in [6.07, 6.45) is -4.33. The summed E-state index contributed by atoms with van der Waals surface area (Å²) in [5, 5.41) is 5.47. The Morgan fingerprint density at radius 3 is 2.19 bits per heavy atom. The first kappa shape index (κ1) is 11.3. The van der Waals surface area contributed by atoms with Gasteiger partial charge >= 0.3 is 11.5 Å². The molecule has 1 heterocycles. The van der Waals surface area contributed by atoms with Crippen molar-refractivity contribution < 1.29 is 17.9 Å². The Bertz CT molecular complexity index is 410. The summed E-state index contributed by atoms with van der Waals surface area (Å²) in [4.78, 5) is 0. The van der Waals surface area contributed by atoms with Crippen LogP contribution in [0.2, 0.25) is 0 Å². The van der Waals surface area contributed by atoms with Gasteiger partial charge in [0.15, 0.2) is 0 Å². The highest BCUT2D eigenvalue weighted by Crippen LogP contribution is 2.35. The van der Waals surface area contributed by atoms with Crippen LogP contribution in [0.15, 0.2) is 34.5 Å². The van der Waals surface area contributed by atoms with Crippen molar-refractivity contribution in [1.82, 2.24) is 0 Å². The second kappa shape index (κ2) is 3.71. The number of hydrogen-bond acceptors (Lipinski definition) is 3. The SMILES string of the molecule is FC(F)(F)c1ccc(COC2(Cl)N=N2)cc1. The van der Waals surface area contributed by atoms with Crippen LogP contribution in [0.1, 0.15) is 11.1 Å². The Morgan fingerprint density at radius 2 is 1.75 bits per heavy atom. The molecule has 1 aromatic carbocycles. The molecule has 86 valence electrons. The zero-order valence-electron chi connectivity index (χ0n) is 7.83. The van der Waals surface area contributed by atoms with Crippen molar-refractivity contribution in [2.24, 2.45) is 10.2 Å². The zero-order valence-corrected chi connectivity index (χ0v) is 8.59. The molecule has 3 nitrogen and oxygen atoms in total. The summed E-state index contributed by atoms with van der Waals surface area (Å²) < 4.78 is 41.7. The summed E-state index contributed by atoms with van der Waals surface area (Å²) in [6.45, 7) is 0.0641. The van der Waals surface area contributed by atoms with Crippen LogP contribution in [0.4, 0.5) is 13.2 Å². The van der Waals surface area contributed by atoms with Gasteiger partial charge in [0.25, 0.3) is 0 Å². The fourth-order valence-electron chi connectivity index (χ4n) is 1.06. The van der Waals surface area contributed by atoms with E-state index in [-0.39, 0.29) is 6.61 Å². The van der Waals surface area contributed by atoms with Crippen molar-refractivity contribution in [2.45, 2.75) is 18.1 Å². The van der Waals surface area contributed by atoms with Gasteiger partial charge in [-0.05, 0) is 29.3 Å². The lowest BCUT2D eigenvalue weighted by atomic mass is 10.1. The van der Waals surface area contributed by atoms with Gasteiger partial charge in [0, 0.05) is 0 Å². The summed E-state index contributed by atoms with van der Waals surface area (Å²) in [6, 6.07) is 4.62. The van der Waals surface area contributed by atoms with E-state index in [1.54, 1.807) is 0 Å². The predicted octanol–water partition coefficient (Wildman–Crippen LogP) is 3.54. The van der Waals surface area contributed by atoms with Crippen LogP contribution < -0.4 is 0 Å². The van der Waals surface area contributed by atoms with E-state index in [2.05, 4.69) is 10.2 Å². The molecule has 0 aromatic heterocycles. The van der Waals surface area contributed by atoms with E-state index in [1.165, 1.54) is 12.1 Å². The third-order valence-electron chi connectivity index (χ3n) is 1.96. The van der Waals surface area contributed by atoms with Crippen molar-refractivity contribution in [1.29, 1.82) is 0 Å². The molecule has 0 bridgehead atoms. The maximum absolute atomic E-state index is 12.2. The molecular weight excluding hydrogens is 245 g/mol. The molecule has 0 saturated heterocycles. The third-order valence-corrected chi connectivity index (χ3v) is 2.22. The minimum atomic E-state index is -4.33. The van der Waals surface area contributed by atoms with E-state index < -0.39 is 17.0 Å². The molecule has 16 heavy (non-hydrogen) atoms. The number of hydrogen-bond donors (Lipinski definition) is 0. The zero-order chi connectivity index (χ0) is 11.8. The molecule has 2 rings (SSSR count). The largest absolute Gasteiger partial charge is 0.416 e. The third kappa shape index (κ3) is 2.70. The first-order valence-electron chi connectivity index (χ1n) is 4.32. The molecule has 7 heteroatoms. The van der Waals surface area contributed by atoms with E-state index in [0.717, 1.165) is 12.1 Å². The van der Waals surface area contributed by atoms with Gasteiger partial charge in [0.2, 0.25) is 0 Å². The van der Waals surface area contributed by atoms with E-state index >= 15 is 0 Å². The van der Waals surface area contributed by atoms with Crippen LogP contribution in [0, 0.1) is 0 Å². The molecule has 1 aliphatic rings. The Balaban J connectivity index is 1.97. The molecule has 0 radical (unpaired) electrons. The first-order valence-corrected chi connectivity index (χ1v) is 4.70. The van der Waals surface area contributed by atoms with E-state index in [1.807, 2.05) is 0 Å². The molecule has 1 aliphatic heterocycles. The minimum Gasteiger partial charge on any atom is -0.316 e. The Hall–Kier alpha value is -1.14. The molecular formula is C9H6ClF3N2O. The van der Waals surface area contributed by atoms with Gasteiger partial charge in [0.1, 0.15) is 0 Å². The van der Waals surface area contributed by atoms with Gasteiger partial charge in [-0.15, -0.1) is 10.2 Å². The van der Waals surface area contributed by atoms with Crippen LogP contribution in [0.5, 0.6) is 0 Å². The Kier molecular flexibility index (Phi) is 2.63. The number of alkyl halides is 4. The Labute approximate surface area is 93.9 Å². The van der Waals surface area contributed by atoms with Crippen LogP contribution in [-0.2, 0) is 17.5 Å². The van der Waals surface area contributed by atoms with Gasteiger partial charge in [-0.1, -0.05) is 12.1 Å². The van der Waals surface area contributed by atoms with Crippen LogP contribution >= 0.6 is 11.6 Å². The normalized spacial score (nSPS) is 17.5. The van der Waals surface area contributed by atoms with Crippen molar-refractivity contribution in [3.63, 3.8) is 0 Å². The summed E-state index contributed by atoms with van der Waals surface area (Å²) in [5.41, 5.74) is -0.122. The molecule has 0 atom stereocenters. The molecule has 0 unspecified atom stereocenters. The van der Waals surface area contributed by atoms with E-state index in [4.69, 9.17) is 16.3 Å². The topological polar surface area (TPSA) is 34.0 Å². The highest BCUT2D eigenvalue weighted by molar-refractivity contribution is 6.23. The quantitative estimate of drug-likeness (QED) is 0.597. The number of halogens is 4. The van der Waals surface area contributed by atoms with Crippen molar-refractivity contribution >= 4 is 11.6 Å². The number of benzene rings is 1. The fourth-order valence-corrected chi connectivity index (χ4v) is 1.15. The molecule has 0 spiro atoms. The standard InChI is InChI=1S/C9H6ClF3N2O/c10-9(14-15-9)16-5-6-1-3-7(4-2-6)8(11,12)13/h1-4H,5H2. The van der Waals surface area contributed by atoms with Gasteiger partial charge in [-0.25, -0.2) is 0 Å². The molecule has 0 amide bonds. The highest BCUT2D eigenvalue weighted by Gasteiger charge is 2.39. The number of rotatable bonds is 3.